The van der Waals surface area contributed by atoms with Crippen molar-refractivity contribution in [2.75, 3.05) is 51.3 Å². The van der Waals surface area contributed by atoms with E-state index in [-0.39, 0.29) is 22.3 Å². The Kier molecular flexibility index (Phi) is 7.02. The van der Waals surface area contributed by atoms with Crippen molar-refractivity contribution in [1.82, 2.24) is 9.21 Å². The number of methoxy groups -OCH3 is 1. The van der Waals surface area contributed by atoms with Gasteiger partial charge in [-0.15, -0.1) is 0 Å². The van der Waals surface area contributed by atoms with E-state index >= 15 is 0 Å². The summed E-state index contributed by atoms with van der Waals surface area (Å²) in [6, 6.07) is 4.68. The van der Waals surface area contributed by atoms with Crippen molar-refractivity contribution >= 4 is 27.6 Å². The summed E-state index contributed by atoms with van der Waals surface area (Å²) in [5.41, 5.74) is 0.871. The summed E-state index contributed by atoms with van der Waals surface area (Å²) in [6.45, 7) is 7.03. The molecular weight excluding hydrogens is 406 g/mol. The van der Waals surface area contributed by atoms with Crippen LogP contribution in [-0.4, -0.2) is 75.9 Å². The molecule has 2 saturated heterocycles. The van der Waals surface area contributed by atoms with Crippen molar-refractivity contribution in [3.63, 3.8) is 0 Å². The maximum absolute atomic E-state index is 13.0. The normalized spacial score (nSPS) is 18.5. The molecule has 2 aliphatic heterocycles. The van der Waals surface area contributed by atoms with Gasteiger partial charge in [-0.05, 0) is 31.0 Å². The predicted octanol–water partition coefficient (Wildman–Crippen LogP) is 1.95. The highest BCUT2D eigenvalue weighted by Gasteiger charge is 2.30. The van der Waals surface area contributed by atoms with Crippen LogP contribution in [0, 0.1) is 5.92 Å². The van der Waals surface area contributed by atoms with Crippen LogP contribution < -0.4 is 4.90 Å². The largest absolute Gasteiger partial charge is 0.465 e. The van der Waals surface area contributed by atoms with Crippen LogP contribution in [0.4, 0.5) is 5.69 Å². The van der Waals surface area contributed by atoms with Crippen LogP contribution in [-0.2, 0) is 19.6 Å². The lowest BCUT2D eigenvalue weighted by molar-refractivity contribution is -0.134. The average Bonchev–Trinajstić information content (AvgIpc) is 2.78. The number of amides is 1. The van der Waals surface area contributed by atoms with Crippen LogP contribution in [0.25, 0.3) is 0 Å². The van der Waals surface area contributed by atoms with Crippen molar-refractivity contribution in [2.45, 2.75) is 38.0 Å². The monoisotopic (exact) mass is 437 g/mol. The van der Waals surface area contributed by atoms with Gasteiger partial charge >= 0.3 is 5.97 Å². The van der Waals surface area contributed by atoms with Crippen LogP contribution in [0.15, 0.2) is 23.1 Å². The molecule has 9 heteroatoms. The maximum Gasteiger partial charge on any atom is 0.340 e. The Bertz CT molecular complexity index is 886. The quantitative estimate of drug-likeness (QED) is 0.655. The number of piperidine rings is 1. The standard InChI is InChI=1S/C21H31N3O5S/c1-16(2)20(25)23-13-11-22(12-14-23)19-8-7-17(15-18(19)21(26)29-3)30(27,28)24-9-5-4-6-10-24/h7-8,15-16H,4-6,9-14H2,1-3H3. The first-order chi connectivity index (χ1) is 14.3. The lowest BCUT2D eigenvalue weighted by Crippen LogP contribution is -2.50. The molecule has 3 rings (SSSR count). The maximum atomic E-state index is 13.0. The third kappa shape index (κ3) is 4.62. The fourth-order valence-electron chi connectivity index (χ4n) is 4.01. The van der Waals surface area contributed by atoms with Gasteiger partial charge < -0.3 is 14.5 Å². The van der Waals surface area contributed by atoms with Gasteiger partial charge in [-0.3, -0.25) is 4.79 Å². The first-order valence-electron chi connectivity index (χ1n) is 10.5. The molecule has 0 aliphatic carbocycles. The number of carbonyl (C=O) groups is 2. The number of benzene rings is 1. The van der Waals surface area contributed by atoms with Crippen LogP contribution in [0.1, 0.15) is 43.5 Å². The summed E-state index contributed by atoms with van der Waals surface area (Å²) in [7, 11) is -2.36. The van der Waals surface area contributed by atoms with Gasteiger partial charge in [-0.2, -0.15) is 4.31 Å². The minimum absolute atomic E-state index is 0.0542. The molecule has 166 valence electrons. The van der Waals surface area contributed by atoms with Crippen LogP contribution in [0.5, 0.6) is 0 Å². The molecule has 0 radical (unpaired) electrons. The number of piperazine rings is 1. The van der Waals surface area contributed by atoms with Crippen molar-refractivity contribution in [2.24, 2.45) is 5.92 Å². The third-order valence-electron chi connectivity index (χ3n) is 5.75. The van der Waals surface area contributed by atoms with E-state index in [1.165, 1.54) is 17.5 Å². The van der Waals surface area contributed by atoms with Crippen molar-refractivity contribution in [3.05, 3.63) is 23.8 Å². The molecule has 2 heterocycles. The molecule has 0 saturated carbocycles. The second-order valence-corrected chi connectivity index (χ2v) is 10.0. The molecule has 1 aromatic rings. The molecule has 0 unspecified atom stereocenters. The summed E-state index contributed by atoms with van der Waals surface area (Å²) in [6.07, 6.45) is 2.73. The Labute approximate surface area is 178 Å². The third-order valence-corrected chi connectivity index (χ3v) is 7.65. The molecule has 0 spiro atoms. The van der Waals surface area contributed by atoms with Gasteiger partial charge in [0.25, 0.3) is 0 Å². The molecule has 0 bridgehead atoms. The van der Waals surface area contributed by atoms with Crippen molar-refractivity contribution in [3.8, 4) is 0 Å². The molecule has 0 aromatic heterocycles. The predicted molar refractivity (Wildman–Crippen MR) is 114 cm³/mol. The Balaban J connectivity index is 1.86. The van der Waals surface area contributed by atoms with Gasteiger partial charge in [0.1, 0.15) is 0 Å². The number of hydrogen-bond donors (Lipinski definition) is 0. The second kappa shape index (κ2) is 9.34. The molecule has 2 fully saturated rings. The Hall–Kier alpha value is -2.13. The minimum Gasteiger partial charge on any atom is -0.465 e. The van der Waals surface area contributed by atoms with E-state index in [4.69, 9.17) is 4.74 Å². The zero-order valence-electron chi connectivity index (χ0n) is 18.0. The van der Waals surface area contributed by atoms with E-state index in [2.05, 4.69) is 0 Å². The summed E-state index contributed by atoms with van der Waals surface area (Å²) in [5, 5.41) is 0. The number of ether oxygens (including phenoxy) is 1. The van der Waals surface area contributed by atoms with Gasteiger partial charge in [0.05, 0.1) is 23.3 Å². The van der Waals surface area contributed by atoms with Crippen molar-refractivity contribution in [1.29, 1.82) is 0 Å². The van der Waals surface area contributed by atoms with Crippen LogP contribution in [0.2, 0.25) is 0 Å². The highest BCUT2D eigenvalue weighted by molar-refractivity contribution is 7.89. The second-order valence-electron chi connectivity index (χ2n) is 8.10. The van der Waals surface area contributed by atoms with Gasteiger partial charge in [0, 0.05) is 45.2 Å². The van der Waals surface area contributed by atoms with E-state index in [0.717, 1.165) is 19.3 Å². The topological polar surface area (TPSA) is 87.2 Å². The molecule has 1 amide bonds. The SMILES string of the molecule is COC(=O)c1cc(S(=O)(=O)N2CCCCC2)ccc1N1CCN(C(=O)C(C)C)CC1. The van der Waals surface area contributed by atoms with Crippen LogP contribution >= 0.6 is 0 Å². The van der Waals surface area contributed by atoms with Gasteiger partial charge in [0.2, 0.25) is 15.9 Å². The number of anilines is 1. The van der Waals surface area contributed by atoms with Gasteiger partial charge in [-0.1, -0.05) is 20.3 Å². The summed E-state index contributed by atoms with van der Waals surface area (Å²) in [5.74, 6) is -0.506. The molecule has 1 aromatic carbocycles. The van der Waals surface area contributed by atoms with E-state index in [0.29, 0.717) is 45.0 Å². The van der Waals surface area contributed by atoms with Gasteiger partial charge in [0.15, 0.2) is 0 Å². The Morgan fingerprint density at radius 2 is 1.60 bits per heavy atom. The lowest BCUT2D eigenvalue weighted by Gasteiger charge is -2.37. The number of hydrogen-bond acceptors (Lipinski definition) is 6. The average molecular weight is 438 g/mol. The molecule has 30 heavy (non-hydrogen) atoms. The zero-order valence-corrected chi connectivity index (χ0v) is 18.8. The molecule has 0 N–H and O–H groups in total. The highest BCUT2D eigenvalue weighted by Crippen LogP contribution is 2.29. The number of esters is 1. The van der Waals surface area contributed by atoms with E-state index in [9.17, 15) is 18.0 Å². The smallest absolute Gasteiger partial charge is 0.340 e. The fraction of sp³-hybridized carbons (Fsp3) is 0.619. The van der Waals surface area contributed by atoms with E-state index in [1.807, 2.05) is 23.6 Å². The first kappa shape index (κ1) is 22.6. The zero-order chi connectivity index (χ0) is 21.9. The molecular formula is C21H31N3O5S. The minimum atomic E-state index is -3.65. The summed E-state index contributed by atoms with van der Waals surface area (Å²) in [4.78, 5) is 28.7. The summed E-state index contributed by atoms with van der Waals surface area (Å²) < 4.78 is 32.5. The lowest BCUT2D eigenvalue weighted by atomic mass is 10.1. The van der Waals surface area contributed by atoms with Crippen molar-refractivity contribution < 1.29 is 22.7 Å². The Morgan fingerprint density at radius 3 is 2.17 bits per heavy atom. The number of nitrogens with zero attached hydrogens (tertiary/aromatic N) is 3. The Morgan fingerprint density at radius 1 is 0.967 bits per heavy atom. The molecule has 0 atom stereocenters. The van der Waals surface area contributed by atoms with Crippen LogP contribution in [0.3, 0.4) is 0 Å². The number of sulfonamides is 1. The summed E-state index contributed by atoms with van der Waals surface area (Å²) >= 11 is 0. The van der Waals surface area contributed by atoms with E-state index < -0.39 is 16.0 Å². The molecule has 2 aliphatic rings. The number of carbonyl (C=O) groups excluding carboxylic acids is 2. The molecule has 8 nitrogen and oxygen atoms in total. The van der Waals surface area contributed by atoms with Gasteiger partial charge in [-0.25, -0.2) is 13.2 Å². The first-order valence-corrected chi connectivity index (χ1v) is 12.0. The highest BCUT2D eigenvalue weighted by atomic mass is 32.2. The number of rotatable bonds is 5. The van der Waals surface area contributed by atoms with E-state index in [1.54, 1.807) is 12.1 Å². The fourth-order valence-corrected chi connectivity index (χ4v) is 5.56.